The third-order valence-corrected chi connectivity index (χ3v) is 22.2. The third kappa shape index (κ3) is 20.6. The number of carbonyl (C=O) groups excluding carboxylic acids is 12. The first-order valence-corrected chi connectivity index (χ1v) is 36.3. The molecule has 544 valence electrons. The van der Waals surface area contributed by atoms with E-state index in [4.69, 9.17) is 4.74 Å². The summed E-state index contributed by atoms with van der Waals surface area (Å²) in [5, 5.41) is 11.4. The standard InChI is InChI=1S/C69H116BrFN12O13/c1-17-20-24-49-63(90)81(15)69(8,9)68(95)74-51(35-41(4)5)62(89)79(13)55(66(93)82-32-22-21-23-33-82)39-57(85)78(12)52(19-3)60(87)75-58(42(6)18-2)67(94)77(11)43(7)61(88)83-34-31-53(83)65(92)80(14)54(36-44-25-28-47(96-16)29-26-44)64(91)76(10)40-56(84)72-50(59(86)73-49)38-45-37-46(70)27-30-48(45)71/h41-55,58H,17-40H2,1-16H3,(H,72,84)(H,73,86)(H,74,95)(H,75,87)/t42-,43-,44?,45?,46?,47?,48?,49-,50-,51-,52-,53-,54-,55-,58-/m0/s1. The number of hydrogen-bond acceptors (Lipinski definition) is 13. The van der Waals surface area contributed by atoms with Crippen molar-refractivity contribution in [3.8, 4) is 0 Å². The van der Waals surface area contributed by atoms with Gasteiger partial charge in [-0.15, -0.1) is 0 Å². The van der Waals surface area contributed by atoms with E-state index < -0.39 is 162 Å². The summed E-state index contributed by atoms with van der Waals surface area (Å²) >= 11 is 3.63. The molecule has 2 aliphatic carbocycles. The Bertz CT molecular complexity index is 2730. The van der Waals surface area contributed by atoms with E-state index in [9.17, 15) is 52.7 Å². The topological polar surface area (TPSA) is 288 Å². The monoisotopic (exact) mass is 1420 g/mol. The average molecular weight is 1420 g/mol. The van der Waals surface area contributed by atoms with Gasteiger partial charge < -0.3 is 65.2 Å². The van der Waals surface area contributed by atoms with Gasteiger partial charge in [0.1, 0.15) is 66.1 Å². The number of unbranched alkanes of at least 4 members (excludes halogenated alkanes) is 1. The highest BCUT2D eigenvalue weighted by Crippen LogP contribution is 2.36. The molecule has 5 aliphatic rings. The van der Waals surface area contributed by atoms with Crippen LogP contribution in [0.5, 0.6) is 0 Å². The van der Waals surface area contributed by atoms with Gasteiger partial charge in [0, 0.05) is 73.9 Å². The molecule has 0 bridgehead atoms. The van der Waals surface area contributed by atoms with Crippen molar-refractivity contribution in [1.82, 2.24) is 60.5 Å². The second-order valence-electron chi connectivity index (χ2n) is 28.9. The van der Waals surface area contributed by atoms with Gasteiger partial charge in [-0.1, -0.05) is 76.7 Å². The number of amides is 12. The first-order valence-electron chi connectivity index (χ1n) is 35.3. The summed E-state index contributed by atoms with van der Waals surface area (Å²) in [5.41, 5.74) is -1.71. The molecule has 3 heterocycles. The molecule has 3 aliphatic heterocycles. The van der Waals surface area contributed by atoms with Gasteiger partial charge in [-0.05, 0) is 147 Å². The molecule has 25 nitrogen and oxygen atoms in total. The number of fused-ring (bicyclic) bond motifs is 1. The minimum atomic E-state index is -1.71. The van der Waals surface area contributed by atoms with Crippen LogP contribution in [0.2, 0.25) is 0 Å². The van der Waals surface area contributed by atoms with Crippen LogP contribution in [0.4, 0.5) is 4.39 Å². The van der Waals surface area contributed by atoms with Crippen LogP contribution in [-0.4, -0.2) is 263 Å². The number of ether oxygens (including phenoxy) is 1. The van der Waals surface area contributed by atoms with Crippen LogP contribution >= 0.6 is 15.9 Å². The zero-order valence-electron chi connectivity index (χ0n) is 60.3. The molecule has 0 spiro atoms. The normalized spacial score (nSPS) is 31.5. The molecular formula is C69H116BrFN12O13. The number of likely N-dealkylation sites (N-methyl/N-ethyl adjacent to an activating group) is 6. The number of piperidine rings is 1. The van der Waals surface area contributed by atoms with Gasteiger partial charge in [-0.25, -0.2) is 4.39 Å². The van der Waals surface area contributed by atoms with E-state index in [2.05, 4.69) is 37.2 Å². The molecule has 5 fully saturated rings. The SMILES string of the molecule is CCCC[C@@H]1NC(=O)[C@H](CC2CC(Br)CCC2F)NC(=O)CN(C)C(=O)[C@H](CC2CCC(OC)CC2)N(C)C(=O)[C@@H]2CCN2C(=O)[C@H](C)N(C)C(=O)[C@H]([C@@H](C)CC)NC(=O)[C@H](CC)N(C)C(=O)C[C@@H](C(=O)N2CCCCC2)N(C)C(=O)[C@H](CC(C)C)NC(=O)C(C)(C)N(C)C1=O. The third-order valence-electron chi connectivity index (χ3n) is 21.4. The molecule has 27 heteroatoms. The summed E-state index contributed by atoms with van der Waals surface area (Å²) in [4.78, 5) is 188. The summed E-state index contributed by atoms with van der Waals surface area (Å²) in [6.45, 7) is 15.7. The second-order valence-corrected chi connectivity index (χ2v) is 30.2. The van der Waals surface area contributed by atoms with Crippen molar-refractivity contribution in [2.24, 2.45) is 23.7 Å². The number of halogens is 2. The number of methoxy groups -OCH3 is 1. The Morgan fingerprint density at radius 1 is 0.667 bits per heavy atom. The molecule has 5 rings (SSSR count). The number of nitrogens with zero attached hydrogens (tertiary/aromatic N) is 8. The van der Waals surface area contributed by atoms with Crippen LogP contribution in [0.25, 0.3) is 0 Å². The van der Waals surface area contributed by atoms with Crippen LogP contribution in [0.1, 0.15) is 191 Å². The molecule has 4 N–H and O–H groups in total. The smallest absolute Gasteiger partial charge is 0.246 e. The predicted molar refractivity (Wildman–Crippen MR) is 365 cm³/mol. The van der Waals surface area contributed by atoms with Gasteiger partial charge in [-0.3, -0.25) is 57.5 Å². The fourth-order valence-electron chi connectivity index (χ4n) is 14.0. The van der Waals surface area contributed by atoms with Crippen LogP contribution in [-0.2, 0) is 62.3 Å². The van der Waals surface area contributed by atoms with Crippen molar-refractivity contribution in [2.45, 2.75) is 268 Å². The highest BCUT2D eigenvalue weighted by atomic mass is 79.9. The first-order chi connectivity index (χ1) is 45.1. The highest BCUT2D eigenvalue weighted by molar-refractivity contribution is 9.09. The molecule has 0 aromatic rings. The summed E-state index contributed by atoms with van der Waals surface area (Å²) in [6.07, 6.45) is 6.36. The van der Waals surface area contributed by atoms with Gasteiger partial charge in [0.2, 0.25) is 70.9 Å². The lowest BCUT2D eigenvalue weighted by molar-refractivity contribution is -0.160. The van der Waals surface area contributed by atoms with Gasteiger partial charge >= 0.3 is 0 Å². The van der Waals surface area contributed by atoms with E-state index in [1.54, 1.807) is 25.9 Å². The molecule has 0 aromatic heterocycles. The maximum Gasteiger partial charge on any atom is 0.246 e. The van der Waals surface area contributed by atoms with Gasteiger partial charge in [0.25, 0.3) is 0 Å². The molecule has 12 amide bonds. The fourth-order valence-corrected chi connectivity index (χ4v) is 14.7. The molecule has 96 heavy (non-hydrogen) atoms. The van der Waals surface area contributed by atoms with E-state index >= 15 is 9.18 Å². The predicted octanol–water partition coefficient (Wildman–Crippen LogP) is 4.55. The number of carbonyl (C=O) groups is 12. The van der Waals surface area contributed by atoms with Crippen LogP contribution in [0.15, 0.2) is 0 Å². The van der Waals surface area contributed by atoms with E-state index in [0.717, 1.165) is 19.3 Å². The van der Waals surface area contributed by atoms with E-state index in [1.807, 2.05) is 27.7 Å². The summed E-state index contributed by atoms with van der Waals surface area (Å²) in [7, 11) is 10.2. The number of alkyl halides is 2. The molecule has 0 aromatic carbocycles. The van der Waals surface area contributed by atoms with E-state index in [-0.39, 0.29) is 74.3 Å². The molecule has 3 saturated heterocycles. The van der Waals surface area contributed by atoms with Crippen LogP contribution in [0.3, 0.4) is 0 Å². The molecule has 2 saturated carbocycles. The summed E-state index contributed by atoms with van der Waals surface area (Å²) in [5.74, 6) is -9.21. The van der Waals surface area contributed by atoms with Crippen molar-refractivity contribution in [2.75, 3.05) is 75.6 Å². The van der Waals surface area contributed by atoms with E-state index in [1.165, 1.54) is 97.4 Å². The Morgan fingerprint density at radius 3 is 1.89 bits per heavy atom. The quantitative estimate of drug-likeness (QED) is 0.174. The summed E-state index contributed by atoms with van der Waals surface area (Å²) < 4.78 is 21.6. The van der Waals surface area contributed by atoms with Crippen LogP contribution in [0, 0.1) is 23.7 Å². The molecule has 13 atom stereocenters. The minimum absolute atomic E-state index is 0.0273. The Balaban J connectivity index is 1.61. The minimum Gasteiger partial charge on any atom is -0.381 e. The Morgan fingerprint density at radius 2 is 1.31 bits per heavy atom. The first kappa shape index (κ1) is 80.7. The fraction of sp³-hybridized carbons (Fsp3) is 0.826. The lowest BCUT2D eigenvalue weighted by Gasteiger charge is -2.45. The zero-order chi connectivity index (χ0) is 71.8. The van der Waals surface area contributed by atoms with Crippen LogP contribution < -0.4 is 21.3 Å². The Hall–Kier alpha value is -5.99. The largest absolute Gasteiger partial charge is 0.381 e. The maximum absolute atomic E-state index is 15.9. The Labute approximate surface area is 578 Å². The van der Waals surface area contributed by atoms with Gasteiger partial charge in [0.15, 0.2) is 0 Å². The molecule has 0 radical (unpaired) electrons. The number of rotatable bonds is 14. The number of likely N-dealkylation sites (tertiary alicyclic amines) is 1. The lowest BCUT2D eigenvalue weighted by atomic mass is 9.82. The molecular weight excluding hydrogens is 1300 g/mol. The molecule has 3 unspecified atom stereocenters. The number of nitrogens with one attached hydrogen (secondary N) is 4. The van der Waals surface area contributed by atoms with Crippen molar-refractivity contribution in [1.29, 1.82) is 0 Å². The van der Waals surface area contributed by atoms with Crippen molar-refractivity contribution < 1.29 is 66.7 Å². The van der Waals surface area contributed by atoms with Crippen molar-refractivity contribution in [3.63, 3.8) is 0 Å². The van der Waals surface area contributed by atoms with Crippen molar-refractivity contribution in [3.05, 3.63) is 0 Å². The zero-order valence-corrected chi connectivity index (χ0v) is 61.9. The maximum atomic E-state index is 15.9. The Kier molecular flexibility index (Phi) is 30.9. The second kappa shape index (κ2) is 36.7. The lowest BCUT2D eigenvalue weighted by Crippen LogP contribution is -2.65. The van der Waals surface area contributed by atoms with Gasteiger partial charge in [0.05, 0.1) is 19.1 Å². The highest BCUT2D eigenvalue weighted by Gasteiger charge is 2.48. The van der Waals surface area contributed by atoms with Gasteiger partial charge in [-0.2, -0.15) is 0 Å². The van der Waals surface area contributed by atoms with E-state index in [0.29, 0.717) is 70.9 Å². The average Bonchev–Trinajstić information content (AvgIpc) is 0.837. The number of hydrogen-bond donors (Lipinski definition) is 4. The summed E-state index contributed by atoms with van der Waals surface area (Å²) in [6, 6.07) is -11.0. The van der Waals surface area contributed by atoms with Crippen molar-refractivity contribution >= 4 is 86.8 Å².